The van der Waals surface area contributed by atoms with Crippen molar-refractivity contribution in [1.29, 1.82) is 0 Å². The number of hydrogen-bond donors (Lipinski definition) is 1. The third-order valence-electron chi connectivity index (χ3n) is 3.10. The minimum absolute atomic E-state index is 0.184. The maximum Gasteiger partial charge on any atom is 0.122 e. The van der Waals surface area contributed by atoms with Gasteiger partial charge in [0.1, 0.15) is 5.82 Å². The molecule has 0 radical (unpaired) electrons. The molecule has 1 aromatic rings. The largest absolute Gasteiger partial charge is 0.333 e. The van der Waals surface area contributed by atoms with Gasteiger partial charge in [-0.05, 0) is 20.4 Å². The smallest absolute Gasteiger partial charge is 0.122 e. The van der Waals surface area contributed by atoms with Crippen LogP contribution in [-0.2, 0) is 13.1 Å². The van der Waals surface area contributed by atoms with Gasteiger partial charge in [0.25, 0.3) is 0 Å². The highest BCUT2D eigenvalue weighted by molar-refractivity contribution is 4.96. The Labute approximate surface area is 97.7 Å². The van der Waals surface area contributed by atoms with Crippen molar-refractivity contribution in [1.82, 2.24) is 19.8 Å². The van der Waals surface area contributed by atoms with Gasteiger partial charge >= 0.3 is 0 Å². The maximum absolute atomic E-state index is 4.38. The predicted molar refractivity (Wildman–Crippen MR) is 65.3 cm³/mol. The molecule has 0 amide bonds. The zero-order valence-corrected chi connectivity index (χ0v) is 10.5. The second-order valence-electron chi connectivity index (χ2n) is 5.16. The molecule has 0 atom stereocenters. The van der Waals surface area contributed by atoms with Crippen LogP contribution >= 0.6 is 0 Å². The second-order valence-corrected chi connectivity index (χ2v) is 5.16. The summed E-state index contributed by atoms with van der Waals surface area (Å²) in [6, 6.07) is 0. The molecule has 0 unspecified atom stereocenters. The molecule has 2 heterocycles. The number of fused-ring (bicyclic) bond motifs is 1. The standard InChI is InChI=1S/C12H22N4/c1-4-14-12(2,3)10-15-7-8-16-6-5-13-11(16)9-15/h5-6,14H,4,7-10H2,1-3H3. The summed E-state index contributed by atoms with van der Waals surface area (Å²) in [5.41, 5.74) is 0.184. The summed E-state index contributed by atoms with van der Waals surface area (Å²) in [6.07, 6.45) is 3.97. The quantitative estimate of drug-likeness (QED) is 0.828. The Hall–Kier alpha value is -0.870. The minimum atomic E-state index is 0.184. The Bertz CT molecular complexity index is 343. The Morgan fingerprint density at radius 1 is 1.44 bits per heavy atom. The van der Waals surface area contributed by atoms with Crippen molar-refractivity contribution in [2.75, 3.05) is 19.6 Å². The number of nitrogens with zero attached hydrogens (tertiary/aromatic N) is 3. The summed E-state index contributed by atoms with van der Waals surface area (Å²) in [5.74, 6) is 1.19. The van der Waals surface area contributed by atoms with E-state index < -0.39 is 0 Å². The lowest BCUT2D eigenvalue weighted by Crippen LogP contribution is -2.50. The van der Waals surface area contributed by atoms with Crippen molar-refractivity contribution >= 4 is 0 Å². The second kappa shape index (κ2) is 4.55. The Kier molecular flexibility index (Phi) is 3.30. The number of hydrogen-bond acceptors (Lipinski definition) is 3. The molecule has 0 spiro atoms. The van der Waals surface area contributed by atoms with E-state index in [1.807, 2.05) is 6.20 Å². The summed E-state index contributed by atoms with van der Waals surface area (Å²) in [5, 5.41) is 3.52. The lowest BCUT2D eigenvalue weighted by molar-refractivity contribution is 0.164. The molecule has 0 fully saturated rings. The first kappa shape index (κ1) is 11.6. The first-order chi connectivity index (χ1) is 7.61. The summed E-state index contributed by atoms with van der Waals surface area (Å²) >= 11 is 0. The normalized spacial score (nSPS) is 17.4. The first-order valence-corrected chi connectivity index (χ1v) is 6.08. The van der Waals surface area contributed by atoms with E-state index in [1.54, 1.807) is 0 Å². The van der Waals surface area contributed by atoms with Crippen molar-refractivity contribution < 1.29 is 0 Å². The fourth-order valence-corrected chi connectivity index (χ4v) is 2.45. The molecule has 0 aliphatic carbocycles. The molecule has 4 heteroatoms. The fourth-order valence-electron chi connectivity index (χ4n) is 2.45. The molecular weight excluding hydrogens is 200 g/mol. The van der Waals surface area contributed by atoms with Crippen LogP contribution in [0.25, 0.3) is 0 Å². The zero-order chi connectivity index (χ0) is 11.6. The molecule has 4 nitrogen and oxygen atoms in total. The summed E-state index contributed by atoms with van der Waals surface area (Å²) < 4.78 is 2.25. The molecule has 0 saturated carbocycles. The van der Waals surface area contributed by atoms with E-state index in [9.17, 15) is 0 Å². The molecule has 1 aliphatic rings. The summed E-state index contributed by atoms with van der Waals surface area (Å²) in [4.78, 5) is 6.86. The van der Waals surface area contributed by atoms with E-state index in [1.165, 1.54) is 5.82 Å². The average molecular weight is 222 g/mol. The maximum atomic E-state index is 4.38. The topological polar surface area (TPSA) is 33.1 Å². The highest BCUT2D eigenvalue weighted by Crippen LogP contribution is 2.13. The highest BCUT2D eigenvalue weighted by atomic mass is 15.2. The first-order valence-electron chi connectivity index (χ1n) is 6.08. The Morgan fingerprint density at radius 3 is 3.00 bits per heavy atom. The van der Waals surface area contributed by atoms with E-state index in [0.29, 0.717) is 0 Å². The number of likely N-dealkylation sites (N-methyl/N-ethyl adjacent to an activating group) is 1. The van der Waals surface area contributed by atoms with Crippen LogP contribution < -0.4 is 5.32 Å². The van der Waals surface area contributed by atoms with Gasteiger partial charge in [-0.2, -0.15) is 0 Å². The van der Waals surface area contributed by atoms with Gasteiger partial charge in [0.2, 0.25) is 0 Å². The summed E-state index contributed by atoms with van der Waals surface area (Å²) in [6.45, 7) is 11.9. The van der Waals surface area contributed by atoms with E-state index in [4.69, 9.17) is 0 Å². The van der Waals surface area contributed by atoms with Crippen LogP contribution in [0.5, 0.6) is 0 Å². The molecule has 0 bridgehead atoms. The van der Waals surface area contributed by atoms with Crippen molar-refractivity contribution in [3.8, 4) is 0 Å². The molecule has 90 valence electrons. The molecule has 0 aromatic carbocycles. The molecular formula is C12H22N4. The van der Waals surface area contributed by atoms with Crippen molar-refractivity contribution in [3.63, 3.8) is 0 Å². The Morgan fingerprint density at radius 2 is 2.25 bits per heavy atom. The summed E-state index contributed by atoms with van der Waals surface area (Å²) in [7, 11) is 0. The zero-order valence-electron chi connectivity index (χ0n) is 10.5. The molecule has 1 N–H and O–H groups in total. The van der Waals surface area contributed by atoms with Crippen LogP contribution in [0, 0.1) is 0 Å². The van der Waals surface area contributed by atoms with Gasteiger partial charge in [-0.15, -0.1) is 0 Å². The van der Waals surface area contributed by atoms with E-state index in [2.05, 4.69) is 46.7 Å². The number of rotatable bonds is 4. The SMILES string of the molecule is CCNC(C)(C)CN1CCn2ccnc2C1. The fraction of sp³-hybridized carbons (Fsp3) is 0.750. The molecule has 0 saturated heterocycles. The lowest BCUT2D eigenvalue weighted by Gasteiger charge is -2.35. The van der Waals surface area contributed by atoms with Gasteiger partial charge in [0.15, 0.2) is 0 Å². The third-order valence-corrected chi connectivity index (χ3v) is 3.10. The number of imidazole rings is 1. The van der Waals surface area contributed by atoms with Crippen LogP contribution in [0.15, 0.2) is 12.4 Å². The van der Waals surface area contributed by atoms with E-state index >= 15 is 0 Å². The van der Waals surface area contributed by atoms with Crippen LogP contribution in [0.3, 0.4) is 0 Å². The molecule has 2 rings (SSSR count). The third kappa shape index (κ3) is 2.62. The van der Waals surface area contributed by atoms with Gasteiger partial charge in [-0.3, -0.25) is 4.90 Å². The minimum Gasteiger partial charge on any atom is -0.333 e. The lowest BCUT2D eigenvalue weighted by atomic mass is 10.0. The van der Waals surface area contributed by atoms with Crippen LogP contribution in [0.1, 0.15) is 26.6 Å². The average Bonchev–Trinajstić information content (AvgIpc) is 2.63. The van der Waals surface area contributed by atoms with E-state index in [-0.39, 0.29) is 5.54 Å². The Balaban J connectivity index is 1.94. The monoisotopic (exact) mass is 222 g/mol. The van der Waals surface area contributed by atoms with Crippen LogP contribution in [0.4, 0.5) is 0 Å². The van der Waals surface area contributed by atoms with Crippen LogP contribution in [0.2, 0.25) is 0 Å². The van der Waals surface area contributed by atoms with E-state index in [0.717, 1.165) is 32.7 Å². The predicted octanol–water partition coefficient (Wildman–Crippen LogP) is 1.09. The van der Waals surface area contributed by atoms with Gasteiger partial charge < -0.3 is 9.88 Å². The van der Waals surface area contributed by atoms with Gasteiger partial charge in [-0.25, -0.2) is 4.98 Å². The van der Waals surface area contributed by atoms with Gasteiger partial charge in [0.05, 0.1) is 6.54 Å². The van der Waals surface area contributed by atoms with Crippen molar-refractivity contribution in [2.24, 2.45) is 0 Å². The van der Waals surface area contributed by atoms with Gasteiger partial charge in [-0.1, -0.05) is 6.92 Å². The van der Waals surface area contributed by atoms with Crippen molar-refractivity contribution in [2.45, 2.75) is 39.4 Å². The van der Waals surface area contributed by atoms with Crippen LogP contribution in [-0.4, -0.2) is 39.6 Å². The number of aromatic nitrogens is 2. The number of nitrogens with one attached hydrogen (secondary N) is 1. The van der Waals surface area contributed by atoms with Crippen molar-refractivity contribution in [3.05, 3.63) is 18.2 Å². The molecule has 16 heavy (non-hydrogen) atoms. The molecule has 1 aliphatic heterocycles. The highest BCUT2D eigenvalue weighted by Gasteiger charge is 2.23. The molecule has 1 aromatic heterocycles. The van der Waals surface area contributed by atoms with Gasteiger partial charge in [0, 0.05) is 37.6 Å².